The molecule has 0 unspecified atom stereocenters. The Bertz CT molecular complexity index is 671. The summed E-state index contributed by atoms with van der Waals surface area (Å²) in [6.07, 6.45) is -5.03. The quantitative estimate of drug-likeness (QED) is 0.923. The van der Waals surface area contributed by atoms with E-state index < -0.39 is 23.9 Å². The minimum atomic E-state index is -4.46. The maximum atomic E-state index is 13.2. The lowest BCUT2D eigenvalue weighted by Crippen LogP contribution is -2.26. The highest BCUT2D eigenvalue weighted by atomic mass is 19.4. The fourth-order valence-electron chi connectivity index (χ4n) is 2.77. The Morgan fingerprint density at radius 3 is 2.64 bits per heavy atom. The molecule has 0 aliphatic carbocycles. The van der Waals surface area contributed by atoms with Crippen molar-refractivity contribution in [2.45, 2.75) is 31.7 Å². The van der Waals surface area contributed by atoms with Crippen LogP contribution in [0.2, 0.25) is 0 Å². The third-order valence-electron chi connectivity index (χ3n) is 3.67. The lowest BCUT2D eigenvalue weighted by Gasteiger charge is -2.25. The van der Waals surface area contributed by atoms with E-state index >= 15 is 0 Å². The molecule has 2 aromatic rings. The van der Waals surface area contributed by atoms with Crippen molar-refractivity contribution in [2.75, 3.05) is 11.4 Å². The van der Waals surface area contributed by atoms with E-state index in [2.05, 4.69) is 10.2 Å². The highest BCUT2D eigenvalue weighted by Gasteiger charge is 2.41. The molecule has 8 heteroatoms. The van der Waals surface area contributed by atoms with Gasteiger partial charge in [0.1, 0.15) is 0 Å². The Labute approximate surface area is 124 Å². The summed E-state index contributed by atoms with van der Waals surface area (Å²) in [5.41, 5.74) is -0.613. The average molecular weight is 313 g/mol. The van der Waals surface area contributed by atoms with Gasteiger partial charge < -0.3 is 14.4 Å². The van der Waals surface area contributed by atoms with E-state index in [-0.39, 0.29) is 24.5 Å². The van der Waals surface area contributed by atoms with E-state index in [1.807, 2.05) is 0 Å². The molecular formula is C14H14F3N3O2. The molecule has 22 heavy (non-hydrogen) atoms. The maximum Gasteiger partial charge on any atom is 0.416 e. The molecule has 0 saturated carbocycles. The molecular weight excluding hydrogens is 299 g/mol. The predicted molar refractivity (Wildman–Crippen MR) is 71.2 cm³/mol. The smallest absolute Gasteiger partial charge is 0.408 e. The molecule has 1 aromatic heterocycles. The number of alkyl halides is 3. The molecule has 1 aliphatic rings. The standard InChI is InChI=1S/C14H14F3N3O2/c1-8-18-19-13(22-8)20-7-9(21)6-12(20)10-4-2-3-5-11(10)14(15,16)17/h2-5,9,12,21H,6-7H2,1H3/t9-,12+/m0/s1. The van der Waals surface area contributed by atoms with Crippen LogP contribution in [-0.4, -0.2) is 28.0 Å². The highest BCUT2D eigenvalue weighted by Crippen LogP contribution is 2.41. The van der Waals surface area contributed by atoms with Gasteiger partial charge in [0, 0.05) is 13.5 Å². The number of hydrogen-bond donors (Lipinski definition) is 1. The van der Waals surface area contributed by atoms with Crippen LogP contribution in [0.5, 0.6) is 0 Å². The van der Waals surface area contributed by atoms with Gasteiger partial charge in [0.15, 0.2) is 0 Å². The van der Waals surface area contributed by atoms with Gasteiger partial charge >= 0.3 is 12.2 Å². The second-order valence-electron chi connectivity index (χ2n) is 5.25. The van der Waals surface area contributed by atoms with Crippen LogP contribution in [0.3, 0.4) is 0 Å². The van der Waals surface area contributed by atoms with Gasteiger partial charge in [-0.1, -0.05) is 23.3 Å². The molecule has 5 nitrogen and oxygen atoms in total. The van der Waals surface area contributed by atoms with E-state index in [4.69, 9.17) is 4.42 Å². The maximum absolute atomic E-state index is 13.2. The summed E-state index contributed by atoms with van der Waals surface area (Å²) in [5.74, 6) is 0.319. The highest BCUT2D eigenvalue weighted by molar-refractivity contribution is 5.41. The molecule has 1 fully saturated rings. The van der Waals surface area contributed by atoms with Crippen LogP contribution in [-0.2, 0) is 6.18 Å². The minimum absolute atomic E-state index is 0.0994. The summed E-state index contributed by atoms with van der Waals surface area (Å²) in [5, 5.41) is 17.4. The normalized spacial score (nSPS) is 22.3. The summed E-state index contributed by atoms with van der Waals surface area (Å²) in [6, 6.07) is 4.81. The van der Waals surface area contributed by atoms with Crippen LogP contribution >= 0.6 is 0 Å². The van der Waals surface area contributed by atoms with Crippen molar-refractivity contribution >= 4 is 6.01 Å². The number of aliphatic hydroxyl groups is 1. The molecule has 2 heterocycles. The second kappa shape index (κ2) is 5.28. The van der Waals surface area contributed by atoms with Gasteiger partial charge in [0.05, 0.1) is 17.7 Å². The van der Waals surface area contributed by atoms with E-state index in [1.54, 1.807) is 13.0 Å². The van der Waals surface area contributed by atoms with E-state index in [0.717, 1.165) is 6.07 Å². The summed E-state index contributed by atoms with van der Waals surface area (Å²) in [4.78, 5) is 1.52. The van der Waals surface area contributed by atoms with Crippen molar-refractivity contribution in [3.63, 3.8) is 0 Å². The number of aryl methyl sites for hydroxylation is 1. The fraction of sp³-hybridized carbons (Fsp3) is 0.429. The van der Waals surface area contributed by atoms with Gasteiger partial charge in [-0.3, -0.25) is 0 Å². The van der Waals surface area contributed by atoms with Crippen LogP contribution in [0.1, 0.15) is 29.5 Å². The van der Waals surface area contributed by atoms with Crippen molar-refractivity contribution in [2.24, 2.45) is 0 Å². The topological polar surface area (TPSA) is 62.4 Å². The van der Waals surface area contributed by atoms with Crippen molar-refractivity contribution in [1.29, 1.82) is 0 Å². The van der Waals surface area contributed by atoms with Gasteiger partial charge in [-0.15, -0.1) is 5.10 Å². The van der Waals surface area contributed by atoms with E-state index in [1.165, 1.54) is 17.0 Å². The van der Waals surface area contributed by atoms with E-state index in [0.29, 0.717) is 5.89 Å². The van der Waals surface area contributed by atoms with Crippen LogP contribution in [0.25, 0.3) is 0 Å². The number of hydrogen-bond acceptors (Lipinski definition) is 5. The number of β-amino-alcohol motifs (C(OH)–C–C–N with tert-alkyl or cyclic N) is 1. The molecule has 0 spiro atoms. The second-order valence-corrected chi connectivity index (χ2v) is 5.25. The number of nitrogens with zero attached hydrogens (tertiary/aromatic N) is 3. The Morgan fingerprint density at radius 1 is 1.27 bits per heavy atom. The summed E-state index contributed by atoms with van der Waals surface area (Å²) < 4.78 is 44.9. The Hall–Kier alpha value is -2.09. The van der Waals surface area contributed by atoms with Crippen LogP contribution in [0, 0.1) is 6.92 Å². The first-order valence-electron chi connectivity index (χ1n) is 6.77. The zero-order chi connectivity index (χ0) is 15.9. The van der Waals surface area contributed by atoms with Crippen molar-refractivity contribution in [3.8, 4) is 0 Å². The molecule has 2 atom stereocenters. The number of aromatic nitrogens is 2. The minimum Gasteiger partial charge on any atom is -0.408 e. The monoisotopic (exact) mass is 313 g/mol. The molecule has 0 amide bonds. The third kappa shape index (κ3) is 2.66. The van der Waals surface area contributed by atoms with E-state index in [9.17, 15) is 18.3 Å². The predicted octanol–water partition coefficient (Wildman–Crippen LogP) is 2.71. The largest absolute Gasteiger partial charge is 0.416 e. The first-order valence-corrected chi connectivity index (χ1v) is 6.77. The summed E-state index contributed by atoms with van der Waals surface area (Å²) in [6.45, 7) is 1.75. The molecule has 1 saturated heterocycles. The van der Waals surface area contributed by atoms with Gasteiger partial charge in [-0.2, -0.15) is 13.2 Å². The average Bonchev–Trinajstić information content (AvgIpc) is 3.04. The number of halogens is 3. The Balaban J connectivity index is 2.03. The first-order chi connectivity index (χ1) is 10.4. The first kappa shape index (κ1) is 14.8. The number of benzene rings is 1. The van der Waals surface area contributed by atoms with Gasteiger partial charge in [0.25, 0.3) is 0 Å². The van der Waals surface area contributed by atoms with Crippen LogP contribution in [0.15, 0.2) is 28.7 Å². The lowest BCUT2D eigenvalue weighted by atomic mass is 9.98. The van der Waals surface area contributed by atoms with Crippen molar-refractivity contribution < 1.29 is 22.7 Å². The van der Waals surface area contributed by atoms with Crippen molar-refractivity contribution in [3.05, 3.63) is 41.3 Å². The summed E-state index contributed by atoms with van der Waals surface area (Å²) in [7, 11) is 0. The molecule has 1 aromatic carbocycles. The zero-order valence-corrected chi connectivity index (χ0v) is 11.7. The third-order valence-corrected chi connectivity index (χ3v) is 3.67. The fourth-order valence-corrected chi connectivity index (χ4v) is 2.77. The molecule has 118 valence electrons. The SMILES string of the molecule is Cc1nnc(N2C[C@@H](O)C[C@@H]2c2ccccc2C(F)(F)F)o1. The van der Waals surface area contributed by atoms with Gasteiger partial charge in [-0.05, 0) is 18.1 Å². The zero-order valence-electron chi connectivity index (χ0n) is 11.7. The Kier molecular flexibility index (Phi) is 3.56. The molecule has 0 bridgehead atoms. The van der Waals surface area contributed by atoms with Gasteiger partial charge in [-0.25, -0.2) is 0 Å². The molecule has 3 rings (SSSR count). The molecule has 1 aliphatic heterocycles. The van der Waals surface area contributed by atoms with Crippen LogP contribution < -0.4 is 4.90 Å². The number of anilines is 1. The molecule has 1 N–H and O–H groups in total. The van der Waals surface area contributed by atoms with Crippen LogP contribution in [0.4, 0.5) is 19.2 Å². The van der Waals surface area contributed by atoms with Gasteiger partial charge in [0.2, 0.25) is 5.89 Å². The van der Waals surface area contributed by atoms with Crippen molar-refractivity contribution in [1.82, 2.24) is 10.2 Å². The lowest BCUT2D eigenvalue weighted by molar-refractivity contribution is -0.138. The Morgan fingerprint density at radius 2 is 2.00 bits per heavy atom. The number of rotatable bonds is 2. The molecule has 0 radical (unpaired) electrons. The number of aliphatic hydroxyl groups excluding tert-OH is 1. The summed E-state index contributed by atoms with van der Waals surface area (Å²) >= 11 is 0.